The molecule has 0 amide bonds. The number of benzene rings is 1. The van der Waals surface area contributed by atoms with Gasteiger partial charge in [0.15, 0.2) is 0 Å². The second-order valence-electron chi connectivity index (χ2n) is 2.32. The molecule has 0 atom stereocenters. The van der Waals surface area contributed by atoms with Crippen LogP contribution in [-0.4, -0.2) is 22.9 Å². The summed E-state index contributed by atoms with van der Waals surface area (Å²) in [5.41, 5.74) is 2.17. The van der Waals surface area contributed by atoms with Crippen molar-refractivity contribution < 1.29 is 0 Å². The fourth-order valence-corrected chi connectivity index (χ4v) is 2.23. The molecule has 0 bridgehead atoms. The molecule has 2 aromatic rings. The van der Waals surface area contributed by atoms with Gasteiger partial charge in [0, 0.05) is 0 Å². The van der Waals surface area contributed by atoms with Gasteiger partial charge in [-0.15, -0.1) is 0 Å². The minimum absolute atomic E-state index is 0.186. The molecule has 0 spiro atoms. The number of rotatable bonds is 0. The van der Waals surface area contributed by atoms with Crippen molar-refractivity contribution in [3.05, 3.63) is 29.1 Å². The van der Waals surface area contributed by atoms with Crippen molar-refractivity contribution in [2.45, 2.75) is 0 Å². The Bertz CT molecular complexity index is 495. The molecule has 0 aliphatic rings. The van der Waals surface area contributed by atoms with E-state index in [4.69, 9.17) is 11.8 Å². The summed E-state index contributed by atoms with van der Waals surface area (Å²) in [7, 11) is 0. The first kappa shape index (κ1) is 7.94. The monoisotopic (exact) mass is 234 g/mol. The molecular weight excluding hydrogens is 231 g/mol. The van der Waals surface area contributed by atoms with Crippen LogP contribution in [0.4, 0.5) is 5.69 Å². The first-order chi connectivity index (χ1) is 6.36. The van der Waals surface area contributed by atoms with Gasteiger partial charge in [0.1, 0.15) is 0 Å². The Morgan fingerprint density at radius 1 is 1.38 bits per heavy atom. The zero-order valence-corrected chi connectivity index (χ0v) is 8.06. The molecule has 1 aromatic carbocycles. The SMILES string of the molecule is [C-]#[N+]c1ccc(C#N)c2n[se]nc12. The summed E-state index contributed by atoms with van der Waals surface area (Å²) in [6.45, 7) is 6.89. The summed E-state index contributed by atoms with van der Waals surface area (Å²) in [6.07, 6.45) is 0. The Hall–Kier alpha value is -1.68. The number of nitrogens with zero attached hydrogens (tertiary/aromatic N) is 4. The third-order valence-corrected chi connectivity index (χ3v) is 2.74. The van der Waals surface area contributed by atoms with E-state index in [0.717, 1.165) is 0 Å². The Labute approximate surface area is 80.5 Å². The molecule has 5 heteroatoms. The summed E-state index contributed by atoms with van der Waals surface area (Å²) in [5.74, 6) is 0. The van der Waals surface area contributed by atoms with Crippen LogP contribution in [0.15, 0.2) is 12.1 Å². The van der Waals surface area contributed by atoms with Crippen LogP contribution in [0.25, 0.3) is 15.9 Å². The number of hydrogen-bond donors (Lipinski definition) is 0. The van der Waals surface area contributed by atoms with Gasteiger partial charge in [-0.3, -0.25) is 0 Å². The van der Waals surface area contributed by atoms with Crippen LogP contribution in [0.5, 0.6) is 0 Å². The molecule has 0 aliphatic heterocycles. The summed E-state index contributed by atoms with van der Waals surface area (Å²) in [4.78, 5) is 3.31. The van der Waals surface area contributed by atoms with Gasteiger partial charge in [-0.2, -0.15) is 0 Å². The number of aromatic nitrogens is 2. The van der Waals surface area contributed by atoms with E-state index in [-0.39, 0.29) is 15.0 Å². The molecule has 0 radical (unpaired) electrons. The van der Waals surface area contributed by atoms with Gasteiger partial charge in [0.2, 0.25) is 0 Å². The van der Waals surface area contributed by atoms with Crippen molar-refractivity contribution in [3.8, 4) is 6.07 Å². The molecular formula is C8H2N4Se. The maximum atomic E-state index is 8.74. The summed E-state index contributed by atoms with van der Waals surface area (Å²) in [5, 5.41) is 8.74. The molecule has 1 aromatic heterocycles. The second kappa shape index (κ2) is 2.99. The van der Waals surface area contributed by atoms with Crippen LogP contribution in [0.2, 0.25) is 0 Å². The van der Waals surface area contributed by atoms with Gasteiger partial charge in [-0.05, 0) is 0 Å². The predicted molar refractivity (Wildman–Crippen MR) is 47.5 cm³/mol. The van der Waals surface area contributed by atoms with E-state index >= 15 is 0 Å². The standard InChI is InChI=1S/C8H2N4Se/c1-10-6-3-2-5(4-9)7-8(6)12-13-11-7/h2-3H. The van der Waals surface area contributed by atoms with Gasteiger partial charge >= 0.3 is 80.1 Å². The molecule has 4 nitrogen and oxygen atoms in total. The summed E-state index contributed by atoms with van der Waals surface area (Å²) >= 11 is -0.186. The molecule has 0 unspecified atom stereocenters. The molecule has 0 N–H and O–H groups in total. The molecule has 0 saturated heterocycles. The molecule has 1 heterocycles. The van der Waals surface area contributed by atoms with E-state index in [1.165, 1.54) is 0 Å². The predicted octanol–water partition coefficient (Wildman–Crippen LogP) is 1.11. The van der Waals surface area contributed by atoms with Gasteiger partial charge in [-0.25, -0.2) is 0 Å². The van der Waals surface area contributed by atoms with Crippen LogP contribution in [0.1, 0.15) is 5.56 Å². The number of fused-ring (bicyclic) bond motifs is 1. The zero-order valence-electron chi connectivity index (χ0n) is 6.35. The second-order valence-corrected chi connectivity index (χ2v) is 3.43. The average molecular weight is 233 g/mol. The van der Waals surface area contributed by atoms with Gasteiger partial charge in [0.25, 0.3) is 0 Å². The topological polar surface area (TPSA) is 53.9 Å². The Morgan fingerprint density at radius 2 is 2.15 bits per heavy atom. The van der Waals surface area contributed by atoms with E-state index in [9.17, 15) is 0 Å². The van der Waals surface area contributed by atoms with E-state index in [1.54, 1.807) is 12.1 Å². The quantitative estimate of drug-likeness (QED) is 0.506. The Kier molecular flexibility index (Phi) is 1.83. The van der Waals surface area contributed by atoms with Gasteiger partial charge < -0.3 is 0 Å². The van der Waals surface area contributed by atoms with E-state index < -0.39 is 0 Å². The van der Waals surface area contributed by atoms with Crippen molar-refractivity contribution in [2.75, 3.05) is 0 Å². The Balaban J connectivity index is 2.93. The molecule has 0 aliphatic carbocycles. The molecule has 2 rings (SSSR count). The minimum atomic E-state index is -0.186. The van der Waals surface area contributed by atoms with Crippen molar-refractivity contribution >= 4 is 31.7 Å². The van der Waals surface area contributed by atoms with Crippen molar-refractivity contribution in [1.29, 1.82) is 5.26 Å². The first-order valence-electron chi connectivity index (χ1n) is 3.39. The molecule has 60 valence electrons. The fourth-order valence-electron chi connectivity index (χ4n) is 1.03. The summed E-state index contributed by atoms with van der Waals surface area (Å²) in [6, 6.07) is 5.27. The van der Waals surface area contributed by atoms with Crippen LogP contribution >= 0.6 is 0 Å². The van der Waals surface area contributed by atoms with Crippen molar-refractivity contribution in [1.82, 2.24) is 7.96 Å². The average Bonchev–Trinajstić information content (AvgIpc) is 2.64. The van der Waals surface area contributed by atoms with E-state index in [1.807, 2.05) is 6.07 Å². The summed E-state index contributed by atoms with van der Waals surface area (Å²) < 4.78 is 8.22. The third-order valence-electron chi connectivity index (χ3n) is 1.64. The molecule has 0 fully saturated rings. The first-order valence-corrected chi connectivity index (χ1v) is 4.93. The normalized spacial score (nSPS) is 9.38. The van der Waals surface area contributed by atoms with Gasteiger partial charge in [0.05, 0.1) is 0 Å². The van der Waals surface area contributed by atoms with Crippen LogP contribution in [0, 0.1) is 17.9 Å². The Morgan fingerprint density at radius 3 is 2.85 bits per heavy atom. The number of nitriles is 1. The van der Waals surface area contributed by atoms with Crippen molar-refractivity contribution in [3.63, 3.8) is 0 Å². The van der Waals surface area contributed by atoms with Crippen LogP contribution < -0.4 is 0 Å². The molecule has 0 saturated carbocycles. The maximum absolute atomic E-state index is 8.74. The van der Waals surface area contributed by atoms with E-state index in [2.05, 4.69) is 12.8 Å². The fraction of sp³-hybridized carbons (Fsp3) is 0. The van der Waals surface area contributed by atoms with Crippen LogP contribution in [0.3, 0.4) is 0 Å². The third kappa shape index (κ3) is 1.11. The zero-order chi connectivity index (χ0) is 9.26. The van der Waals surface area contributed by atoms with Crippen LogP contribution in [-0.2, 0) is 0 Å². The number of hydrogen-bond acceptors (Lipinski definition) is 3. The van der Waals surface area contributed by atoms with Crippen molar-refractivity contribution in [2.24, 2.45) is 0 Å². The van der Waals surface area contributed by atoms with E-state index in [0.29, 0.717) is 22.3 Å². The van der Waals surface area contributed by atoms with Gasteiger partial charge in [-0.1, -0.05) is 0 Å². The molecule has 13 heavy (non-hydrogen) atoms.